The summed E-state index contributed by atoms with van der Waals surface area (Å²) in [4.78, 5) is 0. The fourth-order valence-electron chi connectivity index (χ4n) is 0.905. The van der Waals surface area contributed by atoms with E-state index < -0.39 is 16.1 Å². The molecule has 16 heavy (non-hydrogen) atoms. The van der Waals surface area contributed by atoms with Crippen molar-refractivity contribution in [3.05, 3.63) is 15.9 Å². The maximum atomic E-state index is 11.8. The smallest absolute Gasteiger partial charge is 0.251 e. The highest BCUT2D eigenvalue weighted by Gasteiger charge is 2.23. The van der Waals surface area contributed by atoms with Crippen LogP contribution in [-0.2, 0) is 10.0 Å². The van der Waals surface area contributed by atoms with E-state index in [1.165, 1.54) is 6.92 Å². The summed E-state index contributed by atoms with van der Waals surface area (Å²) in [5, 5.41) is 12.8. The molecule has 0 amide bonds. The van der Waals surface area contributed by atoms with Crippen LogP contribution in [0.25, 0.3) is 0 Å². The molecule has 0 fully saturated rings. The number of nitrogens with zero attached hydrogens (tertiary/aromatic N) is 1. The van der Waals surface area contributed by atoms with Gasteiger partial charge in [-0.3, -0.25) is 0 Å². The Morgan fingerprint density at radius 3 is 2.81 bits per heavy atom. The highest BCUT2D eigenvalue weighted by Crippen LogP contribution is 2.27. The number of nitrogens with one attached hydrogen (secondary N) is 1. The fraction of sp³-hybridized carbons (Fsp3) is 0.286. The van der Waals surface area contributed by atoms with E-state index in [1.54, 1.807) is 11.4 Å². The van der Waals surface area contributed by atoms with Crippen LogP contribution in [0.5, 0.6) is 0 Å². The van der Waals surface area contributed by atoms with E-state index in [0.29, 0.717) is 4.47 Å². The van der Waals surface area contributed by atoms with Gasteiger partial charge < -0.3 is 10.9 Å². The molecule has 0 aliphatic heterocycles. The van der Waals surface area contributed by atoms with E-state index >= 15 is 0 Å². The Kier molecular flexibility index (Phi) is 4.30. The van der Waals surface area contributed by atoms with Crippen molar-refractivity contribution >= 4 is 43.1 Å². The van der Waals surface area contributed by atoms with Gasteiger partial charge in [0.05, 0.1) is 6.04 Å². The first kappa shape index (κ1) is 13.4. The van der Waals surface area contributed by atoms with Crippen LogP contribution >= 0.6 is 27.3 Å². The van der Waals surface area contributed by atoms with Crippen molar-refractivity contribution < 1.29 is 13.6 Å². The third-order valence-electron chi connectivity index (χ3n) is 1.72. The van der Waals surface area contributed by atoms with Gasteiger partial charge in [-0.15, -0.1) is 11.3 Å². The van der Waals surface area contributed by atoms with E-state index in [9.17, 15) is 8.42 Å². The number of hydrogen-bond acceptors (Lipinski definition) is 5. The van der Waals surface area contributed by atoms with Crippen molar-refractivity contribution in [2.45, 2.75) is 17.2 Å². The molecular weight excluding hydrogens is 318 g/mol. The largest absolute Gasteiger partial charge is 0.409 e. The van der Waals surface area contributed by atoms with E-state index in [0.717, 1.165) is 11.3 Å². The molecular formula is C7H10BrN3O3S2. The zero-order chi connectivity index (χ0) is 12.3. The molecule has 6 nitrogen and oxygen atoms in total. The Morgan fingerprint density at radius 2 is 2.38 bits per heavy atom. The third-order valence-corrected chi connectivity index (χ3v) is 5.93. The van der Waals surface area contributed by atoms with Crippen molar-refractivity contribution in [1.82, 2.24) is 4.72 Å². The van der Waals surface area contributed by atoms with Crippen LogP contribution in [0.15, 0.2) is 25.3 Å². The molecule has 0 bridgehead atoms. The molecule has 1 heterocycles. The van der Waals surface area contributed by atoms with Crippen molar-refractivity contribution in [2.75, 3.05) is 0 Å². The summed E-state index contributed by atoms with van der Waals surface area (Å²) in [6.45, 7) is 1.48. The average molecular weight is 328 g/mol. The van der Waals surface area contributed by atoms with E-state index in [4.69, 9.17) is 10.9 Å². The SMILES string of the molecule is CC(NS(=O)(=O)c1sccc1Br)C(N)=NO. The lowest BCUT2D eigenvalue weighted by Crippen LogP contribution is -2.42. The number of hydrogen-bond donors (Lipinski definition) is 3. The summed E-state index contributed by atoms with van der Waals surface area (Å²) in [6, 6.07) is 0.858. The first-order valence-corrected chi connectivity index (χ1v) is 7.27. The van der Waals surface area contributed by atoms with Gasteiger partial charge in [0, 0.05) is 4.47 Å². The number of nitrogens with two attached hydrogens (primary N) is 1. The highest BCUT2D eigenvalue weighted by atomic mass is 79.9. The molecule has 0 aliphatic carbocycles. The minimum Gasteiger partial charge on any atom is -0.409 e. The van der Waals surface area contributed by atoms with Crippen LogP contribution in [0.3, 0.4) is 0 Å². The summed E-state index contributed by atoms with van der Waals surface area (Å²) in [7, 11) is -3.65. The van der Waals surface area contributed by atoms with Crippen molar-refractivity contribution in [2.24, 2.45) is 10.9 Å². The molecule has 0 aliphatic rings. The van der Waals surface area contributed by atoms with Crippen LogP contribution in [-0.4, -0.2) is 25.5 Å². The summed E-state index contributed by atoms with van der Waals surface area (Å²) in [6.07, 6.45) is 0. The molecule has 0 saturated carbocycles. The molecule has 0 spiro atoms. The van der Waals surface area contributed by atoms with Crippen LogP contribution in [0.4, 0.5) is 0 Å². The maximum absolute atomic E-state index is 11.8. The quantitative estimate of drug-likeness (QED) is 0.331. The van der Waals surface area contributed by atoms with Gasteiger partial charge in [0.1, 0.15) is 4.21 Å². The molecule has 0 saturated heterocycles. The lowest BCUT2D eigenvalue weighted by atomic mass is 10.3. The second-order valence-corrected chi connectivity index (χ2v) is 6.60. The molecule has 1 aromatic rings. The standard InChI is InChI=1S/C7H10BrN3O3S2/c1-4(6(9)10-12)11-16(13,14)7-5(8)2-3-15-7/h2-4,11-12H,1H3,(H2,9,10). The number of halogens is 1. The van der Waals surface area contributed by atoms with Crippen LogP contribution < -0.4 is 10.5 Å². The molecule has 1 rings (SSSR count). The highest BCUT2D eigenvalue weighted by molar-refractivity contribution is 9.10. The molecule has 90 valence electrons. The first-order chi connectivity index (χ1) is 7.38. The van der Waals surface area contributed by atoms with Crippen LogP contribution in [0, 0.1) is 0 Å². The lowest BCUT2D eigenvalue weighted by Gasteiger charge is -2.11. The molecule has 1 unspecified atom stereocenters. The Labute approximate surface area is 105 Å². The summed E-state index contributed by atoms with van der Waals surface area (Å²) >= 11 is 4.20. The average Bonchev–Trinajstić information content (AvgIpc) is 2.63. The Bertz CT molecular complexity index is 497. The van der Waals surface area contributed by atoms with Crippen molar-refractivity contribution in [3.63, 3.8) is 0 Å². The first-order valence-electron chi connectivity index (χ1n) is 4.11. The number of sulfonamides is 1. The normalized spacial score (nSPS) is 15.0. The number of oxime groups is 1. The van der Waals surface area contributed by atoms with Gasteiger partial charge >= 0.3 is 0 Å². The van der Waals surface area contributed by atoms with Gasteiger partial charge in [0.15, 0.2) is 5.84 Å². The van der Waals surface area contributed by atoms with Gasteiger partial charge in [0.2, 0.25) is 0 Å². The monoisotopic (exact) mass is 327 g/mol. The Hall–Kier alpha value is -0.640. The van der Waals surface area contributed by atoms with Crippen molar-refractivity contribution in [3.8, 4) is 0 Å². The number of rotatable bonds is 4. The predicted octanol–water partition coefficient (Wildman–Crippen LogP) is 0.924. The van der Waals surface area contributed by atoms with Gasteiger partial charge in [-0.05, 0) is 34.3 Å². The van der Waals surface area contributed by atoms with Crippen LogP contribution in [0.1, 0.15) is 6.92 Å². The molecule has 1 atom stereocenters. The number of amidine groups is 1. The molecule has 0 radical (unpaired) electrons. The van der Waals surface area contributed by atoms with E-state index in [-0.39, 0.29) is 10.0 Å². The van der Waals surface area contributed by atoms with Gasteiger partial charge in [0.25, 0.3) is 10.0 Å². The minimum absolute atomic E-state index is 0.157. The summed E-state index contributed by atoms with van der Waals surface area (Å²) < 4.78 is 26.6. The second kappa shape index (κ2) is 5.13. The lowest BCUT2D eigenvalue weighted by molar-refractivity contribution is 0.316. The second-order valence-electron chi connectivity index (χ2n) is 2.92. The number of thiophene rings is 1. The molecule has 4 N–H and O–H groups in total. The van der Waals surface area contributed by atoms with Gasteiger partial charge in [-0.1, -0.05) is 5.16 Å². The topological polar surface area (TPSA) is 105 Å². The molecule has 9 heteroatoms. The Balaban J connectivity index is 2.94. The zero-order valence-corrected chi connectivity index (χ0v) is 11.4. The maximum Gasteiger partial charge on any atom is 0.251 e. The Morgan fingerprint density at radius 1 is 1.75 bits per heavy atom. The van der Waals surface area contributed by atoms with E-state index in [1.807, 2.05) is 0 Å². The third kappa shape index (κ3) is 2.94. The van der Waals surface area contributed by atoms with Gasteiger partial charge in [-0.2, -0.15) is 4.72 Å². The van der Waals surface area contributed by atoms with Gasteiger partial charge in [-0.25, -0.2) is 8.42 Å². The predicted molar refractivity (Wildman–Crippen MR) is 65.2 cm³/mol. The van der Waals surface area contributed by atoms with Crippen molar-refractivity contribution in [1.29, 1.82) is 0 Å². The zero-order valence-electron chi connectivity index (χ0n) is 8.21. The molecule has 1 aromatic heterocycles. The minimum atomic E-state index is -3.65. The summed E-state index contributed by atoms with van der Waals surface area (Å²) in [5.41, 5.74) is 5.28. The van der Waals surface area contributed by atoms with Crippen LogP contribution in [0.2, 0.25) is 0 Å². The molecule has 0 aromatic carbocycles. The van der Waals surface area contributed by atoms with E-state index in [2.05, 4.69) is 25.8 Å². The fourth-order valence-corrected chi connectivity index (χ4v) is 4.48. The summed E-state index contributed by atoms with van der Waals surface area (Å²) in [5.74, 6) is -0.198.